The third-order valence-corrected chi connectivity index (χ3v) is 2.93. The highest BCUT2D eigenvalue weighted by molar-refractivity contribution is 5.79. The summed E-state index contributed by atoms with van der Waals surface area (Å²) in [6.07, 6.45) is 3.34. The van der Waals surface area contributed by atoms with Gasteiger partial charge in [0, 0.05) is 13.1 Å². The van der Waals surface area contributed by atoms with E-state index in [2.05, 4.69) is 16.7 Å². The van der Waals surface area contributed by atoms with Crippen molar-refractivity contribution in [2.75, 3.05) is 27.2 Å². The largest absolute Gasteiger partial charge is 0.468 e. The first kappa shape index (κ1) is 12.5. The van der Waals surface area contributed by atoms with Gasteiger partial charge in [-0.3, -0.25) is 4.79 Å². The van der Waals surface area contributed by atoms with Crippen LogP contribution in [0.25, 0.3) is 0 Å². The highest BCUT2D eigenvalue weighted by atomic mass is 16.5. The summed E-state index contributed by atoms with van der Waals surface area (Å²) in [5.41, 5.74) is 5.01. The third-order valence-electron chi connectivity index (χ3n) is 2.93. The Morgan fingerprint density at radius 3 is 2.67 bits per heavy atom. The van der Waals surface area contributed by atoms with Gasteiger partial charge in [-0.1, -0.05) is 0 Å². The Bertz CT molecular complexity index is 225. The number of esters is 1. The summed E-state index contributed by atoms with van der Waals surface area (Å²) in [5.74, 6) is 0.541. The molecule has 1 unspecified atom stereocenters. The standard InChI is InChI=1S/C11H22N2O2/c1-11(12,10(14)15-3)6-7-13(2)8-9-4-5-9/h9H,4-8,12H2,1-3H3. The summed E-state index contributed by atoms with van der Waals surface area (Å²) in [7, 11) is 3.45. The Morgan fingerprint density at radius 2 is 2.20 bits per heavy atom. The summed E-state index contributed by atoms with van der Waals surface area (Å²) in [5, 5.41) is 0. The molecule has 2 N–H and O–H groups in total. The van der Waals surface area contributed by atoms with Crippen molar-refractivity contribution in [3.63, 3.8) is 0 Å². The first-order chi connectivity index (χ1) is 6.95. The average Bonchev–Trinajstić information content (AvgIpc) is 2.97. The van der Waals surface area contributed by atoms with Crippen molar-refractivity contribution < 1.29 is 9.53 Å². The second kappa shape index (κ2) is 4.94. The van der Waals surface area contributed by atoms with Gasteiger partial charge in [0.2, 0.25) is 0 Å². The van der Waals surface area contributed by atoms with Crippen LogP contribution in [0.1, 0.15) is 26.2 Å². The Morgan fingerprint density at radius 1 is 1.60 bits per heavy atom. The maximum absolute atomic E-state index is 11.3. The molecule has 15 heavy (non-hydrogen) atoms. The molecule has 0 aromatic rings. The van der Waals surface area contributed by atoms with E-state index in [0.29, 0.717) is 6.42 Å². The Hall–Kier alpha value is -0.610. The summed E-state index contributed by atoms with van der Waals surface area (Å²) in [6, 6.07) is 0. The Kier molecular flexibility index (Phi) is 4.11. The van der Waals surface area contributed by atoms with Crippen LogP contribution in [0, 0.1) is 5.92 Å². The second-order valence-corrected chi connectivity index (χ2v) is 4.86. The maximum Gasteiger partial charge on any atom is 0.325 e. The van der Waals surface area contributed by atoms with E-state index in [1.165, 1.54) is 20.0 Å². The van der Waals surface area contributed by atoms with Crippen molar-refractivity contribution in [2.45, 2.75) is 31.7 Å². The SMILES string of the molecule is COC(=O)C(C)(N)CCN(C)CC1CC1. The minimum Gasteiger partial charge on any atom is -0.468 e. The van der Waals surface area contributed by atoms with Crippen LogP contribution >= 0.6 is 0 Å². The number of hydrogen-bond acceptors (Lipinski definition) is 4. The minimum absolute atomic E-state index is 0.331. The van der Waals surface area contributed by atoms with Gasteiger partial charge in [-0.15, -0.1) is 0 Å². The molecular weight excluding hydrogens is 192 g/mol. The van der Waals surface area contributed by atoms with Gasteiger partial charge in [-0.05, 0) is 39.2 Å². The lowest BCUT2D eigenvalue weighted by atomic mass is 9.99. The molecule has 0 aromatic carbocycles. The van der Waals surface area contributed by atoms with Crippen molar-refractivity contribution in [1.29, 1.82) is 0 Å². The lowest BCUT2D eigenvalue weighted by Crippen LogP contribution is -2.47. The zero-order chi connectivity index (χ0) is 11.5. The van der Waals surface area contributed by atoms with Gasteiger partial charge in [0.1, 0.15) is 5.54 Å². The molecule has 1 aliphatic rings. The van der Waals surface area contributed by atoms with Crippen molar-refractivity contribution in [1.82, 2.24) is 4.90 Å². The lowest BCUT2D eigenvalue weighted by molar-refractivity contribution is -0.146. The number of rotatable bonds is 6. The number of methoxy groups -OCH3 is 1. The first-order valence-electron chi connectivity index (χ1n) is 5.51. The summed E-state index contributed by atoms with van der Waals surface area (Å²) >= 11 is 0. The molecule has 0 heterocycles. The van der Waals surface area contributed by atoms with E-state index in [1.807, 2.05) is 0 Å². The van der Waals surface area contributed by atoms with Crippen LogP contribution in [0.5, 0.6) is 0 Å². The topological polar surface area (TPSA) is 55.6 Å². The van der Waals surface area contributed by atoms with Gasteiger partial charge in [-0.2, -0.15) is 0 Å². The fourth-order valence-corrected chi connectivity index (χ4v) is 1.59. The van der Waals surface area contributed by atoms with Crippen LogP contribution in [0.3, 0.4) is 0 Å². The van der Waals surface area contributed by atoms with E-state index in [-0.39, 0.29) is 5.97 Å². The molecule has 1 atom stereocenters. The monoisotopic (exact) mass is 214 g/mol. The molecule has 0 bridgehead atoms. The number of carbonyl (C=O) groups excluding carboxylic acids is 1. The van der Waals surface area contributed by atoms with E-state index in [0.717, 1.165) is 19.0 Å². The lowest BCUT2D eigenvalue weighted by Gasteiger charge is -2.24. The van der Waals surface area contributed by atoms with Gasteiger partial charge in [-0.25, -0.2) is 0 Å². The summed E-state index contributed by atoms with van der Waals surface area (Å²) in [4.78, 5) is 13.6. The van der Waals surface area contributed by atoms with Crippen LogP contribution in [0.2, 0.25) is 0 Å². The predicted octanol–water partition coefficient (Wildman–Crippen LogP) is 0.609. The predicted molar refractivity (Wildman–Crippen MR) is 59.4 cm³/mol. The highest BCUT2D eigenvalue weighted by Gasteiger charge is 2.30. The number of carbonyl (C=O) groups is 1. The van der Waals surface area contributed by atoms with Gasteiger partial charge in [0.15, 0.2) is 0 Å². The molecule has 1 saturated carbocycles. The molecule has 0 amide bonds. The van der Waals surface area contributed by atoms with Gasteiger partial charge < -0.3 is 15.4 Å². The first-order valence-corrected chi connectivity index (χ1v) is 5.51. The maximum atomic E-state index is 11.3. The Balaban J connectivity index is 2.24. The number of nitrogens with two attached hydrogens (primary N) is 1. The van der Waals surface area contributed by atoms with Crippen molar-refractivity contribution in [3.05, 3.63) is 0 Å². The van der Waals surface area contributed by atoms with Gasteiger partial charge in [0.25, 0.3) is 0 Å². The van der Waals surface area contributed by atoms with E-state index in [9.17, 15) is 4.79 Å². The molecule has 0 aliphatic heterocycles. The van der Waals surface area contributed by atoms with E-state index < -0.39 is 5.54 Å². The van der Waals surface area contributed by atoms with Crippen LogP contribution < -0.4 is 5.73 Å². The number of hydrogen-bond donors (Lipinski definition) is 1. The fraction of sp³-hybridized carbons (Fsp3) is 0.909. The molecule has 4 heteroatoms. The van der Waals surface area contributed by atoms with Crippen molar-refractivity contribution in [2.24, 2.45) is 11.7 Å². The molecule has 4 nitrogen and oxygen atoms in total. The zero-order valence-electron chi connectivity index (χ0n) is 9.95. The quantitative estimate of drug-likeness (QED) is 0.658. The molecule has 0 saturated heterocycles. The number of nitrogens with zero attached hydrogens (tertiary/aromatic N) is 1. The minimum atomic E-state index is -0.855. The third kappa shape index (κ3) is 4.18. The molecule has 1 rings (SSSR count). The van der Waals surface area contributed by atoms with Crippen molar-refractivity contribution in [3.8, 4) is 0 Å². The average molecular weight is 214 g/mol. The highest BCUT2D eigenvalue weighted by Crippen LogP contribution is 2.29. The molecule has 1 fully saturated rings. The van der Waals surface area contributed by atoms with Gasteiger partial charge >= 0.3 is 5.97 Å². The molecule has 0 radical (unpaired) electrons. The van der Waals surface area contributed by atoms with Crippen molar-refractivity contribution >= 4 is 5.97 Å². The zero-order valence-corrected chi connectivity index (χ0v) is 9.95. The fourth-order valence-electron chi connectivity index (χ4n) is 1.59. The number of ether oxygens (including phenoxy) is 1. The molecule has 1 aliphatic carbocycles. The molecule has 88 valence electrons. The van der Waals surface area contributed by atoms with Crippen LogP contribution in [-0.4, -0.2) is 43.7 Å². The van der Waals surface area contributed by atoms with Gasteiger partial charge in [0.05, 0.1) is 7.11 Å². The summed E-state index contributed by atoms with van der Waals surface area (Å²) in [6.45, 7) is 3.69. The van der Waals surface area contributed by atoms with E-state index in [4.69, 9.17) is 5.73 Å². The molecule has 0 aromatic heterocycles. The molecule has 0 spiro atoms. The van der Waals surface area contributed by atoms with E-state index >= 15 is 0 Å². The smallest absolute Gasteiger partial charge is 0.325 e. The summed E-state index contributed by atoms with van der Waals surface area (Å²) < 4.78 is 4.66. The molecular formula is C11H22N2O2. The van der Waals surface area contributed by atoms with Crippen LogP contribution in [-0.2, 0) is 9.53 Å². The van der Waals surface area contributed by atoms with Crippen LogP contribution in [0.15, 0.2) is 0 Å². The second-order valence-electron chi connectivity index (χ2n) is 4.86. The van der Waals surface area contributed by atoms with E-state index in [1.54, 1.807) is 6.92 Å². The Labute approximate surface area is 91.8 Å². The van der Waals surface area contributed by atoms with Crippen LogP contribution in [0.4, 0.5) is 0 Å². The normalized spacial score (nSPS) is 20.1.